The van der Waals surface area contributed by atoms with E-state index in [2.05, 4.69) is 10.2 Å². The highest BCUT2D eigenvalue weighted by molar-refractivity contribution is 5.28. The molecule has 0 bridgehead atoms. The Labute approximate surface area is 83.5 Å². The second-order valence-electron chi connectivity index (χ2n) is 3.98. The summed E-state index contributed by atoms with van der Waals surface area (Å²) < 4.78 is 0. The van der Waals surface area contributed by atoms with Gasteiger partial charge in [0.15, 0.2) is 0 Å². The van der Waals surface area contributed by atoms with Crippen LogP contribution in [0.4, 0.5) is 0 Å². The van der Waals surface area contributed by atoms with Gasteiger partial charge in [0.1, 0.15) is 0 Å². The molecule has 1 aromatic heterocycles. The number of rotatable bonds is 3. The molecule has 78 valence electrons. The van der Waals surface area contributed by atoms with Gasteiger partial charge in [-0.1, -0.05) is 0 Å². The Morgan fingerprint density at radius 3 is 3.00 bits per heavy atom. The summed E-state index contributed by atoms with van der Waals surface area (Å²) in [6.07, 6.45) is 5.40. The molecule has 1 aliphatic rings. The van der Waals surface area contributed by atoms with E-state index in [1.54, 1.807) is 0 Å². The number of nitrogens with one attached hydrogen (secondary N) is 1. The first-order valence-electron chi connectivity index (χ1n) is 5.22. The minimum Gasteiger partial charge on any atom is -0.395 e. The summed E-state index contributed by atoms with van der Waals surface area (Å²) >= 11 is 0. The van der Waals surface area contributed by atoms with Gasteiger partial charge in [-0.25, -0.2) is 0 Å². The van der Waals surface area contributed by atoms with Crippen molar-refractivity contribution < 1.29 is 5.11 Å². The molecule has 1 aromatic rings. The Bertz CT molecular complexity index is 308. The first-order chi connectivity index (χ1) is 6.81. The molecule has 2 rings (SSSR count). The Hall–Kier alpha value is -0.870. The van der Waals surface area contributed by atoms with Gasteiger partial charge in [0.25, 0.3) is 0 Å². The number of aromatic nitrogens is 2. The van der Waals surface area contributed by atoms with Gasteiger partial charge in [-0.3, -0.25) is 5.10 Å². The summed E-state index contributed by atoms with van der Waals surface area (Å²) in [6.45, 7) is 0.0294. The van der Waals surface area contributed by atoms with Gasteiger partial charge in [-0.15, -0.1) is 0 Å². The van der Waals surface area contributed by atoms with Crippen LogP contribution in [0.15, 0.2) is 0 Å². The van der Waals surface area contributed by atoms with Crippen LogP contribution in [0.2, 0.25) is 0 Å². The van der Waals surface area contributed by atoms with Gasteiger partial charge in [-0.2, -0.15) is 5.10 Å². The number of aliphatic hydroxyl groups excluding tert-OH is 1. The largest absolute Gasteiger partial charge is 0.395 e. The molecule has 4 N–H and O–H groups in total. The highest BCUT2D eigenvalue weighted by atomic mass is 16.3. The molecule has 14 heavy (non-hydrogen) atoms. The lowest BCUT2D eigenvalue weighted by atomic mass is 9.94. The SMILES string of the molecule is NC(CO)Cc1n[nH]c2c1CCCC2. The van der Waals surface area contributed by atoms with E-state index in [4.69, 9.17) is 10.8 Å². The first kappa shape index (κ1) is 9.68. The average molecular weight is 195 g/mol. The maximum Gasteiger partial charge on any atom is 0.0673 e. The second kappa shape index (κ2) is 4.11. The number of hydrogen-bond acceptors (Lipinski definition) is 3. The van der Waals surface area contributed by atoms with Crippen LogP contribution in [0.25, 0.3) is 0 Å². The van der Waals surface area contributed by atoms with Crippen molar-refractivity contribution in [2.24, 2.45) is 5.73 Å². The van der Waals surface area contributed by atoms with E-state index < -0.39 is 0 Å². The van der Waals surface area contributed by atoms with Crippen LogP contribution in [0.3, 0.4) is 0 Å². The lowest BCUT2D eigenvalue weighted by Crippen LogP contribution is -2.27. The molecule has 0 spiro atoms. The van der Waals surface area contributed by atoms with Crippen LogP contribution in [-0.4, -0.2) is 28.0 Å². The van der Waals surface area contributed by atoms with Crippen molar-refractivity contribution in [2.45, 2.75) is 38.1 Å². The van der Waals surface area contributed by atoms with Crippen LogP contribution in [0.1, 0.15) is 29.8 Å². The van der Waals surface area contributed by atoms with E-state index in [9.17, 15) is 0 Å². The number of H-pyrrole nitrogens is 1. The number of aromatic amines is 1. The fourth-order valence-corrected chi connectivity index (χ4v) is 2.03. The lowest BCUT2D eigenvalue weighted by molar-refractivity contribution is 0.264. The van der Waals surface area contributed by atoms with Gasteiger partial charge in [0, 0.05) is 18.2 Å². The number of fused-ring (bicyclic) bond motifs is 1. The van der Waals surface area contributed by atoms with Crippen molar-refractivity contribution in [1.82, 2.24) is 10.2 Å². The summed E-state index contributed by atoms with van der Waals surface area (Å²) in [5.41, 5.74) is 9.37. The van der Waals surface area contributed by atoms with Crippen molar-refractivity contribution in [3.63, 3.8) is 0 Å². The van der Waals surface area contributed by atoms with E-state index in [1.165, 1.54) is 24.1 Å². The molecule has 0 aliphatic heterocycles. The van der Waals surface area contributed by atoms with Crippen LogP contribution in [0, 0.1) is 0 Å². The summed E-state index contributed by atoms with van der Waals surface area (Å²) in [5.74, 6) is 0. The summed E-state index contributed by atoms with van der Waals surface area (Å²) in [5, 5.41) is 16.2. The third kappa shape index (κ3) is 1.81. The third-order valence-electron chi connectivity index (χ3n) is 2.83. The van der Waals surface area contributed by atoms with Gasteiger partial charge >= 0.3 is 0 Å². The van der Waals surface area contributed by atoms with Crippen molar-refractivity contribution >= 4 is 0 Å². The normalized spacial score (nSPS) is 17.9. The van der Waals surface area contributed by atoms with Gasteiger partial charge in [-0.05, 0) is 31.2 Å². The fraction of sp³-hybridized carbons (Fsp3) is 0.700. The van der Waals surface area contributed by atoms with Gasteiger partial charge < -0.3 is 10.8 Å². The average Bonchev–Trinajstić information content (AvgIpc) is 2.62. The Morgan fingerprint density at radius 2 is 2.21 bits per heavy atom. The zero-order valence-corrected chi connectivity index (χ0v) is 8.29. The van der Waals surface area contributed by atoms with Crippen molar-refractivity contribution in [3.8, 4) is 0 Å². The monoisotopic (exact) mass is 195 g/mol. The molecule has 0 fully saturated rings. The van der Waals surface area contributed by atoms with Crippen molar-refractivity contribution in [2.75, 3.05) is 6.61 Å². The number of aliphatic hydroxyl groups is 1. The number of nitrogens with zero attached hydrogens (tertiary/aromatic N) is 1. The molecule has 0 saturated carbocycles. The minimum absolute atomic E-state index is 0.0294. The maximum absolute atomic E-state index is 8.87. The molecular formula is C10H17N3O. The molecule has 1 unspecified atom stereocenters. The fourth-order valence-electron chi connectivity index (χ4n) is 2.03. The smallest absolute Gasteiger partial charge is 0.0673 e. The quantitative estimate of drug-likeness (QED) is 0.642. The van der Waals surface area contributed by atoms with Gasteiger partial charge in [0.05, 0.1) is 12.3 Å². The topological polar surface area (TPSA) is 74.9 Å². The molecule has 1 atom stereocenters. The molecule has 0 aromatic carbocycles. The Kier molecular flexibility index (Phi) is 2.84. The second-order valence-corrected chi connectivity index (χ2v) is 3.98. The molecule has 4 nitrogen and oxygen atoms in total. The zero-order valence-electron chi connectivity index (χ0n) is 8.29. The van der Waals surface area contributed by atoms with Crippen LogP contribution < -0.4 is 5.73 Å². The van der Waals surface area contributed by atoms with Gasteiger partial charge in [0.2, 0.25) is 0 Å². The predicted molar refractivity (Wildman–Crippen MR) is 54.0 cm³/mol. The molecular weight excluding hydrogens is 178 g/mol. The maximum atomic E-state index is 8.87. The molecule has 0 radical (unpaired) electrons. The zero-order chi connectivity index (χ0) is 9.97. The molecule has 0 saturated heterocycles. The summed E-state index contributed by atoms with van der Waals surface area (Å²) in [7, 11) is 0. The molecule has 1 aliphatic carbocycles. The number of aryl methyl sites for hydroxylation is 1. The first-order valence-corrected chi connectivity index (χ1v) is 5.22. The van der Waals surface area contributed by atoms with E-state index in [-0.39, 0.29) is 12.6 Å². The minimum atomic E-state index is -0.177. The van der Waals surface area contributed by atoms with Crippen LogP contribution >= 0.6 is 0 Å². The van der Waals surface area contributed by atoms with E-state index in [1.807, 2.05) is 0 Å². The number of nitrogens with two attached hydrogens (primary N) is 1. The molecule has 0 amide bonds. The molecule has 4 heteroatoms. The Morgan fingerprint density at radius 1 is 1.43 bits per heavy atom. The predicted octanol–water partition coefficient (Wildman–Crippen LogP) is 0.151. The summed E-state index contributed by atoms with van der Waals surface area (Å²) in [6, 6.07) is -0.177. The highest BCUT2D eigenvalue weighted by Gasteiger charge is 2.17. The third-order valence-corrected chi connectivity index (χ3v) is 2.83. The summed E-state index contributed by atoms with van der Waals surface area (Å²) in [4.78, 5) is 0. The standard InChI is InChI=1S/C10H17N3O/c11-7(6-14)5-10-8-3-1-2-4-9(8)12-13-10/h7,14H,1-6,11H2,(H,12,13). The van der Waals surface area contributed by atoms with Crippen LogP contribution in [-0.2, 0) is 19.3 Å². The number of hydrogen-bond donors (Lipinski definition) is 3. The van der Waals surface area contributed by atoms with E-state index in [0.717, 1.165) is 18.5 Å². The van der Waals surface area contributed by atoms with E-state index in [0.29, 0.717) is 6.42 Å². The highest BCUT2D eigenvalue weighted by Crippen LogP contribution is 2.22. The van der Waals surface area contributed by atoms with Crippen molar-refractivity contribution in [1.29, 1.82) is 0 Å². The molecule has 1 heterocycles. The Balaban J connectivity index is 2.14. The van der Waals surface area contributed by atoms with Crippen LogP contribution in [0.5, 0.6) is 0 Å². The van der Waals surface area contributed by atoms with Crippen molar-refractivity contribution in [3.05, 3.63) is 17.0 Å². The van der Waals surface area contributed by atoms with E-state index >= 15 is 0 Å². The lowest BCUT2D eigenvalue weighted by Gasteiger charge is -2.12.